The molecule has 4 heteroatoms. The SMILES string of the molecule is c1ccc(-c2ccc3ccc4ccc(-c5cccc6c(-c7nc8ccc9oc%10ccccc%10c9c8c8ccccc78)cccc56)nc4c3n2)cc1. The van der Waals surface area contributed by atoms with Crippen LogP contribution >= 0.6 is 0 Å². The highest BCUT2D eigenvalue weighted by atomic mass is 16.3. The molecule has 0 atom stereocenters. The van der Waals surface area contributed by atoms with Crippen molar-refractivity contribution in [1.29, 1.82) is 0 Å². The van der Waals surface area contributed by atoms with Gasteiger partial charge in [0.25, 0.3) is 0 Å². The summed E-state index contributed by atoms with van der Waals surface area (Å²) in [5, 5.41) is 10.00. The number of nitrogens with zero attached hydrogens (tertiary/aromatic N) is 3. The fourth-order valence-electron chi connectivity index (χ4n) is 7.89. The van der Waals surface area contributed by atoms with Gasteiger partial charge >= 0.3 is 0 Å². The van der Waals surface area contributed by atoms with E-state index in [1.165, 1.54) is 0 Å². The Morgan fingerprint density at radius 2 is 0.961 bits per heavy atom. The quantitative estimate of drug-likeness (QED) is 0.179. The smallest absolute Gasteiger partial charge is 0.136 e. The number of hydrogen-bond donors (Lipinski definition) is 0. The van der Waals surface area contributed by atoms with Gasteiger partial charge in [-0.1, -0.05) is 133 Å². The largest absolute Gasteiger partial charge is 0.456 e. The first-order valence-electron chi connectivity index (χ1n) is 17.2. The lowest BCUT2D eigenvalue weighted by molar-refractivity contribution is 0.669. The van der Waals surface area contributed by atoms with Crippen molar-refractivity contribution in [3.8, 4) is 33.8 Å². The van der Waals surface area contributed by atoms with Crippen LogP contribution in [0.2, 0.25) is 0 Å². The maximum Gasteiger partial charge on any atom is 0.136 e. The van der Waals surface area contributed by atoms with E-state index in [9.17, 15) is 0 Å². The predicted molar refractivity (Wildman–Crippen MR) is 211 cm³/mol. The van der Waals surface area contributed by atoms with Gasteiger partial charge in [0, 0.05) is 49.0 Å². The zero-order chi connectivity index (χ0) is 33.5. The molecule has 0 radical (unpaired) electrons. The van der Waals surface area contributed by atoms with Gasteiger partial charge in [-0.3, -0.25) is 0 Å². The van der Waals surface area contributed by atoms with Crippen molar-refractivity contribution in [2.45, 2.75) is 0 Å². The minimum absolute atomic E-state index is 0.875. The zero-order valence-electron chi connectivity index (χ0n) is 27.3. The van der Waals surface area contributed by atoms with Crippen LogP contribution in [0.3, 0.4) is 0 Å². The second-order valence-electron chi connectivity index (χ2n) is 13.1. The molecule has 0 spiro atoms. The number of para-hydroxylation sites is 1. The Bertz CT molecular complexity index is 3200. The molecule has 4 heterocycles. The molecule has 0 saturated heterocycles. The van der Waals surface area contributed by atoms with E-state index in [0.29, 0.717) is 0 Å². The third kappa shape index (κ3) is 4.23. The number of aromatic nitrogens is 3. The summed E-state index contributed by atoms with van der Waals surface area (Å²) in [4.78, 5) is 15.9. The Morgan fingerprint density at radius 1 is 0.353 bits per heavy atom. The van der Waals surface area contributed by atoms with E-state index in [1.54, 1.807) is 0 Å². The number of pyridine rings is 3. The number of furan rings is 1. The van der Waals surface area contributed by atoms with Crippen LogP contribution in [-0.4, -0.2) is 15.0 Å². The molecule has 236 valence electrons. The Hall–Kier alpha value is -6.91. The fraction of sp³-hybridized carbons (Fsp3) is 0. The van der Waals surface area contributed by atoms with Gasteiger partial charge in [-0.05, 0) is 46.5 Å². The molecule has 7 aromatic carbocycles. The van der Waals surface area contributed by atoms with Crippen molar-refractivity contribution in [2.75, 3.05) is 0 Å². The molecule has 4 nitrogen and oxygen atoms in total. The molecule has 0 amide bonds. The molecule has 51 heavy (non-hydrogen) atoms. The van der Waals surface area contributed by atoms with Gasteiger partial charge in [-0.25, -0.2) is 15.0 Å². The summed E-state index contributed by atoms with van der Waals surface area (Å²) in [5.74, 6) is 0. The van der Waals surface area contributed by atoms with Crippen molar-refractivity contribution in [2.24, 2.45) is 0 Å². The molecule has 0 N–H and O–H groups in total. The van der Waals surface area contributed by atoms with Crippen LogP contribution in [0.1, 0.15) is 0 Å². The van der Waals surface area contributed by atoms with Gasteiger partial charge in [-0.15, -0.1) is 0 Å². The third-order valence-corrected chi connectivity index (χ3v) is 10.2. The Kier molecular flexibility index (Phi) is 5.92. The molecule has 11 aromatic rings. The van der Waals surface area contributed by atoms with E-state index in [4.69, 9.17) is 19.4 Å². The molecule has 0 saturated carbocycles. The van der Waals surface area contributed by atoms with E-state index < -0.39 is 0 Å². The summed E-state index contributed by atoms with van der Waals surface area (Å²) in [5.41, 5.74) is 10.6. The fourth-order valence-corrected chi connectivity index (χ4v) is 7.89. The van der Waals surface area contributed by atoms with Crippen LogP contribution in [0, 0.1) is 0 Å². The standard InChI is InChI=1S/C47H27N3O/c1-2-10-28(11-3-1)38-24-22-29-20-21-30-23-25-39(49-46(30)45(29)48-38)33-17-8-16-32-31(33)15-9-18-35(32)47-36-13-5-4-12-34(36)43-40(50-47)26-27-42-44(43)37-14-6-7-19-41(37)51-42/h1-27H. The van der Waals surface area contributed by atoms with Gasteiger partial charge < -0.3 is 4.42 Å². The first-order valence-corrected chi connectivity index (χ1v) is 17.2. The van der Waals surface area contributed by atoms with Crippen LogP contribution in [0.4, 0.5) is 0 Å². The van der Waals surface area contributed by atoms with Crippen LogP contribution in [0.5, 0.6) is 0 Å². The maximum absolute atomic E-state index is 6.28. The predicted octanol–water partition coefficient (Wildman–Crippen LogP) is 12.5. The average molecular weight is 650 g/mol. The third-order valence-electron chi connectivity index (χ3n) is 10.2. The summed E-state index contributed by atoms with van der Waals surface area (Å²) in [6.45, 7) is 0. The van der Waals surface area contributed by atoms with E-state index in [2.05, 4.69) is 133 Å². The van der Waals surface area contributed by atoms with Crippen LogP contribution in [0.25, 0.3) is 110 Å². The number of rotatable bonds is 3. The minimum atomic E-state index is 0.875. The normalized spacial score (nSPS) is 11.9. The van der Waals surface area contributed by atoms with E-state index in [0.717, 1.165) is 110 Å². The summed E-state index contributed by atoms with van der Waals surface area (Å²) in [6, 6.07) is 57.1. The highest BCUT2D eigenvalue weighted by Gasteiger charge is 2.19. The van der Waals surface area contributed by atoms with Crippen molar-refractivity contribution >= 4 is 76.2 Å². The monoisotopic (exact) mass is 649 g/mol. The average Bonchev–Trinajstić information content (AvgIpc) is 3.59. The molecule has 4 aromatic heterocycles. The van der Waals surface area contributed by atoms with Gasteiger partial charge in [0.15, 0.2) is 0 Å². The van der Waals surface area contributed by atoms with Crippen LogP contribution in [-0.2, 0) is 0 Å². The molecule has 0 aliphatic heterocycles. The highest BCUT2D eigenvalue weighted by Crippen LogP contribution is 2.42. The molecular weight excluding hydrogens is 623 g/mol. The number of benzene rings is 7. The van der Waals surface area contributed by atoms with Gasteiger partial charge in [0.1, 0.15) is 11.2 Å². The lowest BCUT2D eigenvalue weighted by Gasteiger charge is -2.14. The molecule has 0 aliphatic rings. The second-order valence-corrected chi connectivity index (χ2v) is 13.1. The molecular formula is C47H27N3O. The first kappa shape index (κ1) is 28.0. The summed E-state index contributed by atoms with van der Waals surface area (Å²) in [6.07, 6.45) is 0. The summed E-state index contributed by atoms with van der Waals surface area (Å²) in [7, 11) is 0. The number of hydrogen-bond acceptors (Lipinski definition) is 4. The first-order chi connectivity index (χ1) is 25.3. The number of fused-ring (bicyclic) bond motifs is 11. The second kappa shape index (κ2) is 10.8. The zero-order valence-corrected chi connectivity index (χ0v) is 27.3. The molecule has 0 unspecified atom stereocenters. The lowest BCUT2D eigenvalue weighted by Crippen LogP contribution is -1.93. The van der Waals surface area contributed by atoms with Gasteiger partial charge in [0.05, 0.1) is 33.6 Å². The van der Waals surface area contributed by atoms with Crippen LogP contribution in [0.15, 0.2) is 168 Å². The van der Waals surface area contributed by atoms with E-state index in [1.807, 2.05) is 30.3 Å². The molecule has 0 aliphatic carbocycles. The Balaban J connectivity index is 1.13. The van der Waals surface area contributed by atoms with Crippen molar-refractivity contribution < 1.29 is 4.42 Å². The van der Waals surface area contributed by atoms with Gasteiger partial charge in [-0.2, -0.15) is 0 Å². The highest BCUT2D eigenvalue weighted by molar-refractivity contribution is 6.27. The molecule has 0 fully saturated rings. The minimum Gasteiger partial charge on any atom is -0.456 e. The van der Waals surface area contributed by atoms with Crippen LogP contribution < -0.4 is 0 Å². The van der Waals surface area contributed by atoms with E-state index >= 15 is 0 Å². The molecule has 0 bridgehead atoms. The van der Waals surface area contributed by atoms with E-state index in [-0.39, 0.29) is 0 Å². The molecule has 11 rings (SSSR count). The summed E-state index contributed by atoms with van der Waals surface area (Å²) < 4.78 is 6.28. The lowest BCUT2D eigenvalue weighted by atomic mass is 9.93. The van der Waals surface area contributed by atoms with Crippen molar-refractivity contribution in [3.63, 3.8) is 0 Å². The topological polar surface area (TPSA) is 51.8 Å². The maximum atomic E-state index is 6.28. The Morgan fingerprint density at radius 3 is 1.76 bits per heavy atom. The van der Waals surface area contributed by atoms with Crippen molar-refractivity contribution in [1.82, 2.24) is 15.0 Å². The summed E-state index contributed by atoms with van der Waals surface area (Å²) >= 11 is 0. The van der Waals surface area contributed by atoms with Crippen molar-refractivity contribution in [3.05, 3.63) is 164 Å². The van der Waals surface area contributed by atoms with Gasteiger partial charge in [0.2, 0.25) is 0 Å². The Labute approximate surface area is 292 Å².